The number of rotatable bonds is 5. The average molecular weight is 420 g/mol. The van der Waals surface area contributed by atoms with Gasteiger partial charge in [0, 0.05) is 41.1 Å². The van der Waals surface area contributed by atoms with Crippen molar-refractivity contribution in [3.05, 3.63) is 57.0 Å². The van der Waals surface area contributed by atoms with Crippen LogP contribution in [0.4, 0.5) is 5.69 Å². The topological polar surface area (TPSA) is 15.3 Å². The van der Waals surface area contributed by atoms with Crippen LogP contribution in [0.5, 0.6) is 0 Å². The molecule has 1 aliphatic heterocycles. The maximum absolute atomic E-state index is 6.18. The molecule has 3 rings (SSSR count). The largest absolute Gasteiger partial charge is 0.325 e. The van der Waals surface area contributed by atoms with E-state index >= 15 is 0 Å². The first-order valence-corrected chi connectivity index (χ1v) is 10.7. The summed E-state index contributed by atoms with van der Waals surface area (Å²) in [4.78, 5) is 3.49. The van der Waals surface area contributed by atoms with Gasteiger partial charge in [-0.3, -0.25) is 4.90 Å². The molecule has 1 fully saturated rings. The predicted molar refractivity (Wildman–Crippen MR) is 110 cm³/mol. The summed E-state index contributed by atoms with van der Waals surface area (Å²) in [6, 6.07) is 11.6. The lowest BCUT2D eigenvalue weighted by Crippen LogP contribution is -2.32. The van der Waals surface area contributed by atoms with Crippen LogP contribution in [0.15, 0.2) is 41.3 Å². The Hall–Kier alpha value is -0.230. The van der Waals surface area contributed by atoms with E-state index in [0.717, 1.165) is 35.2 Å². The lowest BCUT2D eigenvalue weighted by Gasteiger charge is -2.27. The van der Waals surface area contributed by atoms with Crippen molar-refractivity contribution in [2.45, 2.75) is 11.4 Å². The second-order valence-corrected chi connectivity index (χ2v) is 8.83. The standard InChI is InChI=1S/C17H17Cl3N2S2/c18-13-2-1-12(11-22-5-7-23-8-6-22)17(9-13)21-24-14-3-4-15(19)16(20)10-14/h1-4,9-10,21H,5-8,11H2. The van der Waals surface area contributed by atoms with E-state index in [2.05, 4.69) is 15.7 Å². The molecule has 0 saturated carbocycles. The van der Waals surface area contributed by atoms with Crippen molar-refractivity contribution in [2.24, 2.45) is 0 Å². The Morgan fingerprint density at radius 2 is 1.79 bits per heavy atom. The SMILES string of the molecule is Clc1ccc(CN2CCSCC2)c(NSc2ccc(Cl)c(Cl)c2)c1. The molecule has 1 aliphatic rings. The van der Waals surface area contributed by atoms with Gasteiger partial charge in [-0.1, -0.05) is 40.9 Å². The van der Waals surface area contributed by atoms with E-state index in [0.29, 0.717) is 10.0 Å². The maximum atomic E-state index is 6.18. The molecule has 0 amide bonds. The molecule has 0 atom stereocenters. The van der Waals surface area contributed by atoms with Gasteiger partial charge in [0.25, 0.3) is 0 Å². The van der Waals surface area contributed by atoms with Crippen LogP contribution in [-0.4, -0.2) is 29.5 Å². The Kier molecular flexibility index (Phi) is 6.90. The molecule has 2 aromatic rings. The monoisotopic (exact) mass is 418 g/mol. The van der Waals surface area contributed by atoms with Crippen molar-refractivity contribution in [3.63, 3.8) is 0 Å². The van der Waals surface area contributed by atoms with Crippen LogP contribution in [0.1, 0.15) is 5.56 Å². The summed E-state index contributed by atoms with van der Waals surface area (Å²) in [5, 5.41) is 1.85. The smallest absolute Gasteiger partial charge is 0.0604 e. The zero-order chi connectivity index (χ0) is 16.9. The van der Waals surface area contributed by atoms with Gasteiger partial charge in [0.05, 0.1) is 15.7 Å². The summed E-state index contributed by atoms with van der Waals surface area (Å²) in [5.41, 5.74) is 2.29. The highest BCUT2D eigenvalue weighted by Gasteiger charge is 2.13. The summed E-state index contributed by atoms with van der Waals surface area (Å²) >= 11 is 21.8. The zero-order valence-corrected chi connectivity index (χ0v) is 16.8. The lowest BCUT2D eigenvalue weighted by atomic mass is 10.1. The highest BCUT2D eigenvalue weighted by atomic mass is 35.5. The molecule has 2 aromatic carbocycles. The van der Waals surface area contributed by atoms with Crippen LogP contribution in [0.3, 0.4) is 0 Å². The van der Waals surface area contributed by atoms with Gasteiger partial charge in [0.2, 0.25) is 0 Å². The number of thioether (sulfide) groups is 1. The Labute approximate surface area is 166 Å². The molecule has 0 radical (unpaired) electrons. The van der Waals surface area contributed by atoms with E-state index in [1.807, 2.05) is 36.0 Å². The first kappa shape index (κ1) is 18.6. The second-order valence-electron chi connectivity index (χ2n) is 5.47. The van der Waals surface area contributed by atoms with E-state index in [1.54, 1.807) is 6.07 Å². The van der Waals surface area contributed by atoms with Gasteiger partial charge < -0.3 is 4.72 Å². The third-order valence-corrected chi connectivity index (χ3v) is 6.47. The van der Waals surface area contributed by atoms with Gasteiger partial charge in [-0.05, 0) is 47.8 Å². The van der Waals surface area contributed by atoms with E-state index < -0.39 is 0 Å². The molecule has 128 valence electrons. The van der Waals surface area contributed by atoms with E-state index in [-0.39, 0.29) is 0 Å². The molecule has 1 saturated heterocycles. The van der Waals surface area contributed by atoms with E-state index in [9.17, 15) is 0 Å². The third-order valence-electron chi connectivity index (χ3n) is 3.74. The molecule has 0 spiro atoms. The van der Waals surface area contributed by atoms with Crippen molar-refractivity contribution < 1.29 is 0 Å². The fourth-order valence-corrected chi connectivity index (χ4v) is 4.68. The van der Waals surface area contributed by atoms with Crippen LogP contribution in [0.2, 0.25) is 15.1 Å². The average Bonchev–Trinajstić information content (AvgIpc) is 2.59. The van der Waals surface area contributed by atoms with Gasteiger partial charge >= 0.3 is 0 Å². The van der Waals surface area contributed by atoms with Gasteiger partial charge in [-0.15, -0.1) is 0 Å². The van der Waals surface area contributed by atoms with Crippen LogP contribution < -0.4 is 4.72 Å². The Balaban J connectivity index is 1.71. The molecule has 7 heteroatoms. The Morgan fingerprint density at radius 1 is 1.00 bits per heavy atom. The maximum Gasteiger partial charge on any atom is 0.0604 e. The highest BCUT2D eigenvalue weighted by Crippen LogP contribution is 2.31. The first-order valence-electron chi connectivity index (χ1n) is 7.58. The summed E-state index contributed by atoms with van der Waals surface area (Å²) < 4.78 is 3.41. The number of nitrogens with one attached hydrogen (secondary N) is 1. The minimum absolute atomic E-state index is 0.556. The third kappa shape index (κ3) is 5.13. The molecule has 24 heavy (non-hydrogen) atoms. The van der Waals surface area contributed by atoms with Gasteiger partial charge in [0.1, 0.15) is 0 Å². The highest BCUT2D eigenvalue weighted by molar-refractivity contribution is 8.00. The van der Waals surface area contributed by atoms with E-state index in [4.69, 9.17) is 34.8 Å². The fraction of sp³-hybridized carbons (Fsp3) is 0.294. The van der Waals surface area contributed by atoms with Crippen molar-refractivity contribution in [3.8, 4) is 0 Å². The summed E-state index contributed by atoms with van der Waals surface area (Å²) in [6.45, 7) is 3.20. The Bertz CT molecular complexity index is 706. The van der Waals surface area contributed by atoms with Crippen molar-refractivity contribution in [1.29, 1.82) is 0 Å². The lowest BCUT2D eigenvalue weighted by molar-refractivity contribution is 0.295. The number of hydrogen-bond donors (Lipinski definition) is 1. The molecule has 0 aliphatic carbocycles. The predicted octanol–water partition coefficient (Wildman–Crippen LogP) is 6.31. The molecule has 1 heterocycles. The zero-order valence-electron chi connectivity index (χ0n) is 12.9. The van der Waals surface area contributed by atoms with Gasteiger partial charge in [-0.2, -0.15) is 11.8 Å². The fourth-order valence-electron chi connectivity index (χ4n) is 2.44. The second kappa shape index (κ2) is 8.93. The van der Waals surface area contributed by atoms with Gasteiger partial charge in [-0.25, -0.2) is 0 Å². The quantitative estimate of drug-likeness (QED) is 0.570. The number of hydrogen-bond acceptors (Lipinski definition) is 4. The Morgan fingerprint density at radius 3 is 2.54 bits per heavy atom. The van der Waals surface area contributed by atoms with Crippen molar-refractivity contribution in [2.75, 3.05) is 29.3 Å². The van der Waals surface area contributed by atoms with Gasteiger partial charge in [0.15, 0.2) is 0 Å². The van der Waals surface area contributed by atoms with Crippen molar-refractivity contribution >= 4 is 64.2 Å². The van der Waals surface area contributed by atoms with Crippen molar-refractivity contribution in [1.82, 2.24) is 4.90 Å². The minimum atomic E-state index is 0.556. The van der Waals surface area contributed by atoms with Crippen LogP contribution in [-0.2, 0) is 6.54 Å². The summed E-state index contributed by atoms with van der Waals surface area (Å²) in [5.74, 6) is 2.41. The number of halogens is 3. The minimum Gasteiger partial charge on any atom is -0.325 e. The van der Waals surface area contributed by atoms with E-state index in [1.165, 1.54) is 29.0 Å². The molecule has 2 nitrogen and oxygen atoms in total. The normalized spacial score (nSPS) is 15.5. The molecule has 1 N–H and O–H groups in total. The molecule has 0 aromatic heterocycles. The summed E-state index contributed by atoms with van der Waals surface area (Å²) in [6.07, 6.45) is 0. The molecule has 0 bridgehead atoms. The van der Waals surface area contributed by atoms with Crippen LogP contribution in [0, 0.1) is 0 Å². The number of benzene rings is 2. The molecule has 0 unspecified atom stereocenters. The van der Waals surface area contributed by atoms with Crippen LogP contribution >= 0.6 is 58.5 Å². The number of anilines is 1. The number of nitrogens with zero attached hydrogens (tertiary/aromatic N) is 1. The summed E-state index contributed by atoms with van der Waals surface area (Å²) in [7, 11) is 0. The first-order chi connectivity index (χ1) is 11.6. The molecular formula is C17H17Cl3N2S2. The van der Waals surface area contributed by atoms with Crippen LogP contribution in [0.25, 0.3) is 0 Å². The molecular weight excluding hydrogens is 403 g/mol.